The Labute approximate surface area is 255 Å². The molecule has 198 valence electrons. The van der Waals surface area contributed by atoms with Crippen LogP contribution >= 0.6 is 0 Å². The van der Waals surface area contributed by atoms with Crippen molar-refractivity contribution in [3.8, 4) is 0 Å². The van der Waals surface area contributed by atoms with Gasteiger partial charge in [-0.05, 0) is 68.9 Å². The molecule has 4 bridgehead atoms. The molecule has 0 atom stereocenters. The third-order valence-electron chi connectivity index (χ3n) is 9.98. The maximum Gasteiger partial charge on any atom is 4.00 e. The van der Waals surface area contributed by atoms with Gasteiger partial charge in [-0.3, -0.25) is 5.22 Å². The van der Waals surface area contributed by atoms with Crippen LogP contribution in [0.3, 0.4) is 0 Å². The minimum atomic E-state index is 0. The second-order valence-corrected chi connectivity index (χ2v) is 11.8. The smallest absolute Gasteiger partial charge is 0.386 e. The summed E-state index contributed by atoms with van der Waals surface area (Å²) in [5, 5.41) is 7.68. The van der Waals surface area contributed by atoms with Crippen LogP contribution in [0.2, 0.25) is 0 Å². The van der Waals surface area contributed by atoms with Gasteiger partial charge in [0.1, 0.15) is 0 Å². The number of rotatable bonds is 2. The Hall–Kier alpha value is -0.575. The van der Waals surface area contributed by atoms with E-state index in [1.165, 1.54) is 94.2 Å². The zero-order valence-electron chi connectivity index (χ0n) is 25.3. The Kier molecular flexibility index (Phi) is 12.5. The Morgan fingerprint density at radius 1 is 0.639 bits per heavy atom. The maximum absolute atomic E-state index is 4.49. The molecule has 6 rings (SSSR count). The van der Waals surface area contributed by atoms with E-state index < -0.39 is 0 Å². The van der Waals surface area contributed by atoms with Crippen molar-refractivity contribution >= 4 is 0 Å². The van der Waals surface area contributed by atoms with Crippen molar-refractivity contribution < 1.29 is 39.9 Å². The van der Waals surface area contributed by atoms with Gasteiger partial charge in [-0.25, -0.2) is 0 Å². The van der Waals surface area contributed by atoms with Crippen molar-refractivity contribution in [2.45, 2.75) is 113 Å². The summed E-state index contributed by atoms with van der Waals surface area (Å²) >= 11 is 0. The van der Waals surface area contributed by atoms with Crippen molar-refractivity contribution in [2.75, 3.05) is 7.05 Å². The third kappa shape index (κ3) is 6.89. The van der Waals surface area contributed by atoms with Crippen molar-refractivity contribution in [1.82, 2.24) is 0 Å². The standard InChI is InChI=1S/C11H18N3.2C10H15.CH3.Th/c1-12-14-13-11-5-8-2-9(6-11)4-10(3-8)7-11;2*1-6-7(2)9(4)10(5)8(6)3;;/h8-10H,2-7H2,1H3;2*1-5H3;1H3;/q4*-1;+4. The van der Waals surface area contributed by atoms with Gasteiger partial charge >= 0.3 is 39.9 Å². The van der Waals surface area contributed by atoms with Gasteiger partial charge in [0, 0.05) is 0 Å². The van der Waals surface area contributed by atoms with Crippen LogP contribution in [0.4, 0.5) is 0 Å². The Balaban J connectivity index is 0.000000269. The molecule has 4 aliphatic rings. The minimum Gasteiger partial charge on any atom is -0.386 e. The zero-order valence-corrected chi connectivity index (χ0v) is 29.4. The topological polar surface area (TPSA) is 38.8 Å². The van der Waals surface area contributed by atoms with Gasteiger partial charge in [0.25, 0.3) is 0 Å². The van der Waals surface area contributed by atoms with Gasteiger partial charge in [0.05, 0.1) is 0 Å². The zero-order chi connectivity index (χ0) is 25.4. The second-order valence-electron chi connectivity index (χ2n) is 11.8. The van der Waals surface area contributed by atoms with Crippen molar-refractivity contribution in [1.29, 1.82) is 0 Å². The van der Waals surface area contributed by atoms with Crippen molar-refractivity contribution in [3.63, 3.8) is 0 Å². The van der Waals surface area contributed by atoms with E-state index in [4.69, 9.17) is 0 Å². The quantitative estimate of drug-likeness (QED) is 0.169. The summed E-state index contributed by atoms with van der Waals surface area (Å²) in [6.07, 6.45) is 8.28. The van der Waals surface area contributed by atoms with E-state index in [0.717, 1.165) is 17.8 Å². The average Bonchev–Trinajstić information content (AvgIpc) is 3.07. The van der Waals surface area contributed by atoms with Crippen LogP contribution in [0.25, 0.3) is 5.43 Å². The summed E-state index contributed by atoms with van der Waals surface area (Å²) in [7, 11) is 1.71. The molecular weight excluding hydrogens is 658 g/mol. The number of hydrogen-bond donors (Lipinski definition) is 0. The van der Waals surface area contributed by atoms with E-state index in [-0.39, 0.29) is 52.9 Å². The first-order chi connectivity index (χ1) is 15.9. The summed E-state index contributed by atoms with van der Waals surface area (Å²) in [5.74, 6) is 2.87. The molecule has 3 nitrogen and oxygen atoms in total. The summed E-state index contributed by atoms with van der Waals surface area (Å²) in [6.45, 7) is 22.0. The monoisotopic (exact) mass is 709 g/mol. The van der Waals surface area contributed by atoms with E-state index in [0.29, 0.717) is 0 Å². The van der Waals surface area contributed by atoms with Gasteiger partial charge in [-0.2, -0.15) is 55.6 Å². The fraction of sp³-hybridized carbons (Fsp3) is 0.656. The van der Waals surface area contributed by atoms with Crippen LogP contribution < -0.4 is 0 Å². The van der Waals surface area contributed by atoms with Gasteiger partial charge in [-0.1, -0.05) is 69.2 Å². The van der Waals surface area contributed by atoms with Gasteiger partial charge in [0.15, 0.2) is 0 Å². The minimum absolute atomic E-state index is 0. The first-order valence-electron chi connectivity index (χ1n) is 13.3. The largest absolute Gasteiger partial charge is 4.00 e. The van der Waals surface area contributed by atoms with E-state index >= 15 is 0 Å². The molecule has 2 aromatic carbocycles. The summed E-state index contributed by atoms with van der Waals surface area (Å²) in [6, 6.07) is 0. The molecule has 2 aromatic rings. The van der Waals surface area contributed by atoms with Crippen LogP contribution in [-0.4, -0.2) is 12.6 Å². The molecule has 0 amide bonds. The predicted octanol–water partition coefficient (Wildman–Crippen LogP) is 9.67. The SMILES string of the molecule is CN=N[N-]C12CC3CC(CC(C3)C1)C2.Cc1c(C)c(C)[c-](C)c1C.Cc1c(C)c(C)[c-](C)c1C.[CH3-].[Th+4]. The molecule has 36 heavy (non-hydrogen) atoms. The Morgan fingerprint density at radius 2 is 0.917 bits per heavy atom. The second kappa shape index (κ2) is 13.5. The van der Waals surface area contributed by atoms with Crippen LogP contribution in [0.1, 0.15) is 94.2 Å². The summed E-state index contributed by atoms with van der Waals surface area (Å²) < 4.78 is 0. The fourth-order valence-electron chi connectivity index (χ4n) is 7.14. The van der Waals surface area contributed by atoms with Crippen molar-refractivity contribution in [2.24, 2.45) is 28.1 Å². The first-order valence-corrected chi connectivity index (χ1v) is 13.3. The summed E-state index contributed by atoms with van der Waals surface area (Å²) in [4.78, 5) is 0. The van der Waals surface area contributed by atoms with Crippen LogP contribution in [0.5, 0.6) is 0 Å². The van der Waals surface area contributed by atoms with Crippen LogP contribution in [0.15, 0.2) is 10.3 Å². The van der Waals surface area contributed by atoms with E-state index in [1.54, 1.807) is 7.05 Å². The first kappa shape index (κ1) is 33.5. The fourth-order valence-corrected chi connectivity index (χ4v) is 7.14. The molecule has 0 aromatic heterocycles. The van der Waals surface area contributed by atoms with Crippen LogP contribution in [0, 0.1) is 134 Å². The van der Waals surface area contributed by atoms with Crippen LogP contribution in [-0.2, 0) is 0 Å². The molecule has 0 radical (unpaired) electrons. The molecule has 0 N–H and O–H groups in total. The van der Waals surface area contributed by atoms with E-state index in [2.05, 4.69) is 85.0 Å². The molecule has 0 saturated heterocycles. The van der Waals surface area contributed by atoms with E-state index in [9.17, 15) is 0 Å². The molecule has 0 spiro atoms. The molecule has 0 heterocycles. The molecule has 0 aliphatic heterocycles. The molecule has 4 aliphatic carbocycles. The van der Waals surface area contributed by atoms with Gasteiger partial charge in [-0.15, -0.1) is 0 Å². The Morgan fingerprint density at radius 3 is 1.11 bits per heavy atom. The Bertz CT molecular complexity index is 785. The molecule has 0 unspecified atom stereocenters. The number of hydrogen-bond acceptors (Lipinski definition) is 2. The third-order valence-corrected chi connectivity index (χ3v) is 9.98. The van der Waals surface area contributed by atoms with E-state index in [1.807, 2.05) is 0 Å². The van der Waals surface area contributed by atoms with Crippen molar-refractivity contribution in [3.05, 3.63) is 68.5 Å². The predicted molar refractivity (Wildman–Crippen MR) is 153 cm³/mol. The normalized spacial score (nSPS) is 25.4. The maximum atomic E-state index is 4.49. The molecule has 4 fully saturated rings. The van der Waals surface area contributed by atoms with Gasteiger partial charge < -0.3 is 18.0 Å². The molecule has 4 heteroatoms. The average molecular weight is 710 g/mol. The van der Waals surface area contributed by atoms with Gasteiger partial charge in [0.2, 0.25) is 0 Å². The molecule has 4 saturated carbocycles. The molecular formula is C32H51N3Th. The number of nitrogens with zero attached hydrogens (tertiary/aromatic N) is 3. The summed E-state index contributed by atoms with van der Waals surface area (Å²) in [5.41, 5.74) is 19.4.